The smallest absolute Gasteiger partial charge is 0.230 e. The van der Waals surface area contributed by atoms with E-state index in [1.165, 1.54) is 6.07 Å². The molecule has 2 aromatic rings. The molecule has 1 unspecified atom stereocenters. The first-order chi connectivity index (χ1) is 12.7. The van der Waals surface area contributed by atoms with Gasteiger partial charge < -0.3 is 10.2 Å². The Morgan fingerprint density at radius 3 is 2.54 bits per heavy atom. The Hall–Kier alpha value is -2.20. The van der Waals surface area contributed by atoms with Crippen molar-refractivity contribution in [1.29, 1.82) is 0 Å². The lowest BCUT2D eigenvalue weighted by Gasteiger charge is -2.34. The summed E-state index contributed by atoms with van der Waals surface area (Å²) in [5.74, 6) is -0.00785. The molecule has 3 rings (SSSR count). The van der Waals surface area contributed by atoms with Gasteiger partial charge in [-0.05, 0) is 42.5 Å². The minimum atomic E-state index is -0.198. The van der Waals surface area contributed by atoms with E-state index in [-0.39, 0.29) is 17.6 Å². The topological polar surface area (TPSA) is 32.3 Å². The summed E-state index contributed by atoms with van der Waals surface area (Å²) in [4.78, 5) is 14.9. The lowest BCUT2D eigenvalue weighted by molar-refractivity contribution is -0.134. The van der Waals surface area contributed by atoms with E-state index in [0.717, 1.165) is 43.5 Å². The Morgan fingerprint density at radius 2 is 1.88 bits per heavy atom. The third kappa shape index (κ3) is 4.70. The lowest BCUT2D eigenvalue weighted by atomic mass is 9.93. The fourth-order valence-corrected chi connectivity index (χ4v) is 3.67. The molecule has 1 aliphatic rings. The van der Waals surface area contributed by atoms with Crippen molar-refractivity contribution < 1.29 is 9.18 Å². The molecule has 0 aromatic heterocycles. The van der Waals surface area contributed by atoms with E-state index in [2.05, 4.69) is 12.2 Å². The summed E-state index contributed by atoms with van der Waals surface area (Å²) in [5, 5.41) is 3.49. The number of benzene rings is 2. The Bertz CT molecular complexity index is 711. The quantitative estimate of drug-likeness (QED) is 0.847. The number of carbonyl (C=O) groups is 1. The molecule has 0 radical (unpaired) electrons. The standard InChI is InChI=1S/C22H27FN2O/c1-2-21(18-8-4-3-5-9-18)22(26)25-13-11-20(12-14-25)24-16-17-7-6-10-19(23)15-17/h3-10,15,20-21,24H,2,11-14,16H2,1H3. The molecule has 2 aromatic carbocycles. The summed E-state index contributed by atoms with van der Waals surface area (Å²) in [6, 6.07) is 17.1. The number of carbonyl (C=O) groups excluding carboxylic acids is 1. The van der Waals surface area contributed by atoms with Crippen LogP contribution in [0.2, 0.25) is 0 Å². The van der Waals surface area contributed by atoms with Crippen LogP contribution in [0.15, 0.2) is 54.6 Å². The van der Waals surface area contributed by atoms with E-state index >= 15 is 0 Å². The third-order valence-corrected chi connectivity index (χ3v) is 5.20. The molecule has 0 spiro atoms. The third-order valence-electron chi connectivity index (χ3n) is 5.20. The maximum atomic E-state index is 13.3. The van der Waals surface area contributed by atoms with E-state index in [1.54, 1.807) is 12.1 Å². The molecule has 1 heterocycles. The average molecular weight is 354 g/mol. The van der Waals surface area contributed by atoms with E-state index in [4.69, 9.17) is 0 Å². The fourth-order valence-electron chi connectivity index (χ4n) is 3.67. The minimum absolute atomic E-state index is 0.0481. The molecule has 0 saturated carbocycles. The zero-order valence-electron chi connectivity index (χ0n) is 15.3. The number of likely N-dealkylation sites (tertiary alicyclic amines) is 1. The van der Waals surface area contributed by atoms with E-state index in [1.807, 2.05) is 41.3 Å². The summed E-state index contributed by atoms with van der Waals surface area (Å²) in [6.45, 7) is 4.30. The summed E-state index contributed by atoms with van der Waals surface area (Å²) in [7, 11) is 0. The van der Waals surface area contributed by atoms with Gasteiger partial charge in [-0.1, -0.05) is 49.4 Å². The van der Waals surface area contributed by atoms with E-state index < -0.39 is 0 Å². The molecule has 4 heteroatoms. The maximum Gasteiger partial charge on any atom is 0.230 e. The van der Waals surface area contributed by atoms with Crippen molar-refractivity contribution in [3.63, 3.8) is 0 Å². The number of amides is 1. The predicted molar refractivity (Wildman–Crippen MR) is 102 cm³/mol. The zero-order valence-corrected chi connectivity index (χ0v) is 15.3. The monoisotopic (exact) mass is 354 g/mol. The molecular formula is C22H27FN2O. The Kier molecular flexibility index (Phi) is 6.40. The second-order valence-electron chi connectivity index (χ2n) is 6.98. The largest absolute Gasteiger partial charge is 0.342 e. The van der Waals surface area contributed by atoms with Crippen LogP contribution in [0.25, 0.3) is 0 Å². The molecule has 3 nitrogen and oxygen atoms in total. The second-order valence-corrected chi connectivity index (χ2v) is 6.98. The summed E-state index contributed by atoms with van der Waals surface area (Å²) in [6.07, 6.45) is 2.69. The molecule has 1 atom stereocenters. The van der Waals surface area contributed by atoms with Crippen LogP contribution < -0.4 is 5.32 Å². The van der Waals surface area contributed by atoms with Gasteiger partial charge in [-0.3, -0.25) is 4.79 Å². The van der Waals surface area contributed by atoms with Crippen LogP contribution in [-0.2, 0) is 11.3 Å². The van der Waals surface area contributed by atoms with Crippen molar-refractivity contribution in [3.8, 4) is 0 Å². The van der Waals surface area contributed by atoms with Crippen molar-refractivity contribution in [3.05, 3.63) is 71.5 Å². The highest BCUT2D eigenvalue weighted by Crippen LogP contribution is 2.24. The van der Waals surface area contributed by atoms with Crippen LogP contribution in [0.4, 0.5) is 4.39 Å². The summed E-state index contributed by atoms with van der Waals surface area (Å²) < 4.78 is 13.3. The molecule has 1 amide bonds. The molecule has 1 N–H and O–H groups in total. The van der Waals surface area contributed by atoms with Crippen molar-refractivity contribution in [1.82, 2.24) is 10.2 Å². The Morgan fingerprint density at radius 1 is 1.15 bits per heavy atom. The van der Waals surface area contributed by atoms with Crippen LogP contribution in [-0.4, -0.2) is 29.9 Å². The highest BCUT2D eigenvalue weighted by atomic mass is 19.1. The lowest BCUT2D eigenvalue weighted by Crippen LogP contribution is -2.46. The first-order valence-corrected chi connectivity index (χ1v) is 9.49. The Balaban J connectivity index is 1.50. The zero-order chi connectivity index (χ0) is 18.4. The number of hydrogen-bond acceptors (Lipinski definition) is 2. The summed E-state index contributed by atoms with van der Waals surface area (Å²) >= 11 is 0. The number of hydrogen-bond donors (Lipinski definition) is 1. The first kappa shape index (κ1) is 18.6. The number of rotatable bonds is 6. The molecule has 1 aliphatic heterocycles. The van der Waals surface area contributed by atoms with Gasteiger partial charge >= 0.3 is 0 Å². The van der Waals surface area contributed by atoms with Gasteiger partial charge in [-0.2, -0.15) is 0 Å². The van der Waals surface area contributed by atoms with Crippen LogP contribution in [0.3, 0.4) is 0 Å². The van der Waals surface area contributed by atoms with Crippen LogP contribution in [0.5, 0.6) is 0 Å². The fraction of sp³-hybridized carbons (Fsp3) is 0.409. The molecule has 138 valence electrons. The van der Waals surface area contributed by atoms with Gasteiger partial charge in [0.25, 0.3) is 0 Å². The van der Waals surface area contributed by atoms with Crippen LogP contribution >= 0.6 is 0 Å². The van der Waals surface area contributed by atoms with E-state index in [0.29, 0.717) is 12.6 Å². The van der Waals surface area contributed by atoms with E-state index in [9.17, 15) is 9.18 Å². The molecular weight excluding hydrogens is 327 g/mol. The maximum absolute atomic E-state index is 13.3. The van der Waals surface area contributed by atoms with Gasteiger partial charge in [0.1, 0.15) is 5.82 Å². The van der Waals surface area contributed by atoms with Gasteiger partial charge in [0.05, 0.1) is 5.92 Å². The van der Waals surface area contributed by atoms with Crippen molar-refractivity contribution in [2.45, 2.75) is 44.7 Å². The molecule has 0 aliphatic carbocycles. The second kappa shape index (κ2) is 8.95. The SMILES string of the molecule is CCC(C(=O)N1CCC(NCc2cccc(F)c2)CC1)c1ccccc1. The van der Waals surface area contributed by atoms with Crippen molar-refractivity contribution >= 4 is 5.91 Å². The molecule has 26 heavy (non-hydrogen) atoms. The minimum Gasteiger partial charge on any atom is -0.342 e. The molecule has 1 saturated heterocycles. The average Bonchev–Trinajstić information content (AvgIpc) is 2.68. The predicted octanol–water partition coefficient (Wildman–Crippen LogP) is 4.10. The van der Waals surface area contributed by atoms with Crippen molar-refractivity contribution in [2.75, 3.05) is 13.1 Å². The number of piperidine rings is 1. The van der Waals surface area contributed by atoms with Gasteiger partial charge in [0, 0.05) is 25.7 Å². The Labute approximate surface area is 155 Å². The number of nitrogens with zero attached hydrogens (tertiary/aromatic N) is 1. The van der Waals surface area contributed by atoms with Crippen molar-refractivity contribution in [2.24, 2.45) is 0 Å². The molecule has 0 bridgehead atoms. The summed E-state index contributed by atoms with van der Waals surface area (Å²) in [5.41, 5.74) is 2.06. The number of halogens is 1. The van der Waals surface area contributed by atoms with Gasteiger partial charge in [-0.15, -0.1) is 0 Å². The highest BCUT2D eigenvalue weighted by molar-refractivity contribution is 5.83. The normalized spacial score (nSPS) is 16.5. The van der Waals surface area contributed by atoms with Gasteiger partial charge in [-0.25, -0.2) is 4.39 Å². The van der Waals surface area contributed by atoms with Gasteiger partial charge in [0.2, 0.25) is 5.91 Å². The highest BCUT2D eigenvalue weighted by Gasteiger charge is 2.28. The van der Waals surface area contributed by atoms with Crippen LogP contribution in [0.1, 0.15) is 43.2 Å². The number of nitrogens with one attached hydrogen (secondary N) is 1. The molecule has 1 fully saturated rings. The van der Waals surface area contributed by atoms with Crippen LogP contribution in [0, 0.1) is 5.82 Å². The first-order valence-electron chi connectivity index (χ1n) is 9.49. The van der Waals surface area contributed by atoms with Gasteiger partial charge in [0.15, 0.2) is 0 Å².